The van der Waals surface area contributed by atoms with Crippen LogP contribution in [0.25, 0.3) is 0 Å². The molecule has 1 aromatic heterocycles. The maximum Gasteiger partial charge on any atom is 0.252 e. The summed E-state index contributed by atoms with van der Waals surface area (Å²) >= 11 is 7.87. The highest BCUT2D eigenvalue weighted by atomic mass is 35.5. The van der Waals surface area contributed by atoms with Gasteiger partial charge in [0.15, 0.2) is 0 Å². The van der Waals surface area contributed by atoms with Crippen molar-refractivity contribution < 1.29 is 4.79 Å². The normalized spacial score (nSPS) is 10.3. The van der Waals surface area contributed by atoms with Crippen molar-refractivity contribution in [2.75, 3.05) is 30.4 Å². The van der Waals surface area contributed by atoms with Gasteiger partial charge >= 0.3 is 0 Å². The van der Waals surface area contributed by atoms with E-state index in [1.165, 1.54) is 18.4 Å². The van der Waals surface area contributed by atoms with E-state index in [9.17, 15) is 4.79 Å². The van der Waals surface area contributed by atoms with Crippen molar-refractivity contribution in [3.05, 3.63) is 22.8 Å². The largest absolute Gasteiger partial charge is 0.370 e. The van der Waals surface area contributed by atoms with Gasteiger partial charge in [0.25, 0.3) is 5.91 Å². The highest BCUT2D eigenvalue weighted by Crippen LogP contribution is 2.17. The summed E-state index contributed by atoms with van der Waals surface area (Å²) < 4.78 is 0. The molecule has 0 spiro atoms. The quantitative estimate of drug-likeness (QED) is 0.686. The monoisotopic (exact) mass is 315 g/mol. The zero-order chi connectivity index (χ0) is 14.8. The number of aromatic nitrogens is 1. The molecule has 1 amide bonds. The van der Waals surface area contributed by atoms with Crippen LogP contribution in [0.15, 0.2) is 12.3 Å². The number of pyridine rings is 1. The van der Waals surface area contributed by atoms with E-state index < -0.39 is 0 Å². The van der Waals surface area contributed by atoms with Crippen LogP contribution >= 0.6 is 23.4 Å². The van der Waals surface area contributed by atoms with Gasteiger partial charge in [-0.3, -0.25) is 4.79 Å². The summed E-state index contributed by atoms with van der Waals surface area (Å²) in [4.78, 5) is 16.2. The first-order valence-electron chi connectivity index (χ1n) is 6.85. The Morgan fingerprint density at radius 2 is 2.20 bits per heavy atom. The molecule has 1 heterocycles. The summed E-state index contributed by atoms with van der Waals surface area (Å²) in [5.74, 6) is 1.71. The van der Waals surface area contributed by atoms with E-state index in [1.54, 1.807) is 6.07 Å². The van der Waals surface area contributed by atoms with Crippen LogP contribution in [-0.4, -0.2) is 36.0 Å². The molecule has 0 fully saturated rings. The number of rotatable bonds is 9. The molecule has 0 bridgehead atoms. The van der Waals surface area contributed by atoms with Crippen LogP contribution in [0.2, 0.25) is 5.02 Å². The summed E-state index contributed by atoms with van der Waals surface area (Å²) in [6.07, 6.45) is 6.93. The Bertz CT molecular complexity index is 429. The fraction of sp³-hybridized carbons (Fsp3) is 0.571. The summed E-state index contributed by atoms with van der Waals surface area (Å²) in [7, 11) is 0. The molecule has 0 saturated carbocycles. The number of nitrogens with zero attached hydrogens (tertiary/aromatic N) is 1. The second-order valence-electron chi connectivity index (χ2n) is 4.39. The number of amides is 1. The summed E-state index contributed by atoms with van der Waals surface area (Å²) in [5, 5.41) is 6.35. The lowest BCUT2D eigenvalue weighted by Gasteiger charge is -2.09. The van der Waals surface area contributed by atoms with Crippen molar-refractivity contribution in [1.29, 1.82) is 0 Å². The molecule has 2 N–H and O–H groups in total. The lowest BCUT2D eigenvalue weighted by Crippen LogP contribution is -2.25. The molecule has 0 unspecified atom stereocenters. The SMILES string of the molecule is CCNc1cc(C(=O)NCCCCCSC)c(Cl)cn1. The molecule has 1 rings (SSSR count). The van der Waals surface area contributed by atoms with Gasteiger partial charge in [-0.2, -0.15) is 11.8 Å². The van der Waals surface area contributed by atoms with Gasteiger partial charge in [0.2, 0.25) is 0 Å². The molecule has 0 atom stereocenters. The van der Waals surface area contributed by atoms with E-state index in [0.29, 0.717) is 22.9 Å². The van der Waals surface area contributed by atoms with Gasteiger partial charge in [-0.1, -0.05) is 18.0 Å². The molecule has 6 heteroatoms. The molecular formula is C14H22ClN3OS. The van der Waals surface area contributed by atoms with Gasteiger partial charge in [0.05, 0.1) is 10.6 Å². The smallest absolute Gasteiger partial charge is 0.252 e. The Morgan fingerprint density at radius 1 is 1.40 bits per heavy atom. The van der Waals surface area contributed by atoms with Crippen LogP contribution < -0.4 is 10.6 Å². The van der Waals surface area contributed by atoms with Gasteiger partial charge in [0, 0.05) is 19.3 Å². The highest BCUT2D eigenvalue weighted by Gasteiger charge is 2.11. The standard InChI is InChI=1S/C14H22ClN3OS/c1-3-16-13-9-11(12(15)10-18-13)14(19)17-7-5-4-6-8-20-2/h9-10H,3-8H2,1-2H3,(H,16,18)(H,17,19). The first-order valence-corrected chi connectivity index (χ1v) is 8.62. The maximum absolute atomic E-state index is 12.1. The third-order valence-electron chi connectivity index (χ3n) is 2.77. The molecule has 0 aliphatic rings. The Labute approximate surface area is 130 Å². The average molecular weight is 316 g/mol. The van der Waals surface area contributed by atoms with Crippen LogP contribution in [0.1, 0.15) is 36.5 Å². The van der Waals surface area contributed by atoms with Crippen LogP contribution in [0.5, 0.6) is 0 Å². The summed E-state index contributed by atoms with van der Waals surface area (Å²) in [5.41, 5.74) is 0.474. The molecule has 0 aromatic carbocycles. The van der Waals surface area contributed by atoms with E-state index in [4.69, 9.17) is 11.6 Å². The highest BCUT2D eigenvalue weighted by molar-refractivity contribution is 7.98. The number of carbonyl (C=O) groups excluding carboxylic acids is 1. The van der Waals surface area contributed by atoms with Gasteiger partial charge in [-0.25, -0.2) is 4.98 Å². The molecule has 20 heavy (non-hydrogen) atoms. The van der Waals surface area contributed by atoms with E-state index in [-0.39, 0.29) is 5.91 Å². The zero-order valence-electron chi connectivity index (χ0n) is 12.0. The number of unbranched alkanes of at least 4 members (excludes halogenated alkanes) is 2. The minimum Gasteiger partial charge on any atom is -0.370 e. The van der Waals surface area contributed by atoms with Crippen molar-refractivity contribution in [3.8, 4) is 0 Å². The first-order chi connectivity index (χ1) is 9.69. The lowest BCUT2D eigenvalue weighted by molar-refractivity contribution is 0.0953. The van der Waals surface area contributed by atoms with Crippen molar-refractivity contribution >= 4 is 35.1 Å². The predicted octanol–water partition coefficient (Wildman–Crippen LogP) is 3.43. The molecule has 1 aromatic rings. The Hall–Kier alpha value is -0.940. The molecular weight excluding hydrogens is 294 g/mol. The van der Waals surface area contributed by atoms with Crippen LogP contribution in [0.3, 0.4) is 0 Å². The second kappa shape index (κ2) is 9.88. The third kappa shape index (κ3) is 6.01. The number of thioether (sulfide) groups is 1. The molecule has 0 radical (unpaired) electrons. The van der Waals surface area contributed by atoms with Crippen molar-refractivity contribution in [1.82, 2.24) is 10.3 Å². The average Bonchev–Trinajstić information content (AvgIpc) is 2.45. The van der Waals surface area contributed by atoms with Crippen molar-refractivity contribution in [2.24, 2.45) is 0 Å². The fourth-order valence-corrected chi connectivity index (χ4v) is 2.42. The fourth-order valence-electron chi connectivity index (χ4n) is 1.74. The summed E-state index contributed by atoms with van der Waals surface area (Å²) in [6.45, 7) is 3.41. The zero-order valence-corrected chi connectivity index (χ0v) is 13.6. The van der Waals surface area contributed by atoms with Crippen LogP contribution in [0.4, 0.5) is 5.82 Å². The number of anilines is 1. The van der Waals surface area contributed by atoms with Gasteiger partial charge < -0.3 is 10.6 Å². The first kappa shape index (κ1) is 17.1. The van der Waals surface area contributed by atoms with E-state index in [1.807, 2.05) is 18.7 Å². The molecule has 112 valence electrons. The van der Waals surface area contributed by atoms with E-state index >= 15 is 0 Å². The van der Waals surface area contributed by atoms with Crippen molar-refractivity contribution in [2.45, 2.75) is 26.2 Å². The number of carbonyl (C=O) groups is 1. The second-order valence-corrected chi connectivity index (χ2v) is 5.78. The molecule has 0 aliphatic heterocycles. The third-order valence-corrected chi connectivity index (χ3v) is 3.77. The van der Waals surface area contributed by atoms with Gasteiger partial charge in [-0.05, 0) is 37.8 Å². The maximum atomic E-state index is 12.1. The summed E-state index contributed by atoms with van der Waals surface area (Å²) in [6, 6.07) is 1.69. The Kier molecular flexibility index (Phi) is 8.46. The molecule has 0 aliphatic carbocycles. The van der Waals surface area contributed by atoms with E-state index in [2.05, 4.69) is 21.9 Å². The Morgan fingerprint density at radius 3 is 2.90 bits per heavy atom. The minimum atomic E-state index is -0.138. The van der Waals surface area contributed by atoms with Gasteiger partial charge in [0.1, 0.15) is 5.82 Å². The Balaban J connectivity index is 2.44. The van der Waals surface area contributed by atoms with Gasteiger partial charge in [-0.15, -0.1) is 0 Å². The minimum absolute atomic E-state index is 0.138. The molecule has 4 nitrogen and oxygen atoms in total. The van der Waals surface area contributed by atoms with Crippen LogP contribution in [-0.2, 0) is 0 Å². The topological polar surface area (TPSA) is 54.0 Å². The molecule has 0 saturated heterocycles. The van der Waals surface area contributed by atoms with Crippen molar-refractivity contribution in [3.63, 3.8) is 0 Å². The number of halogens is 1. The number of nitrogens with one attached hydrogen (secondary N) is 2. The van der Waals surface area contributed by atoms with E-state index in [0.717, 1.165) is 19.4 Å². The lowest BCUT2D eigenvalue weighted by atomic mass is 10.2. The van der Waals surface area contributed by atoms with Crippen LogP contribution in [0, 0.1) is 0 Å². The number of hydrogen-bond donors (Lipinski definition) is 2. The number of hydrogen-bond acceptors (Lipinski definition) is 4. The predicted molar refractivity (Wildman–Crippen MR) is 88.0 cm³/mol.